The first-order valence-electron chi connectivity index (χ1n) is 7.29. The zero-order chi connectivity index (χ0) is 18.6. The molecule has 1 atom stereocenters. The molecule has 2 aromatic rings. The Labute approximate surface area is 148 Å². The molecule has 0 fully saturated rings. The first-order valence-corrected chi connectivity index (χ1v) is 7.67. The zero-order valence-corrected chi connectivity index (χ0v) is 14.2. The number of anilines is 1. The van der Waals surface area contributed by atoms with Crippen molar-refractivity contribution in [3.63, 3.8) is 0 Å². The van der Waals surface area contributed by atoms with Gasteiger partial charge in [0.1, 0.15) is 6.29 Å². The van der Waals surface area contributed by atoms with Gasteiger partial charge in [0.15, 0.2) is 11.9 Å². The number of amides is 1. The van der Waals surface area contributed by atoms with Gasteiger partial charge in [-0.1, -0.05) is 17.7 Å². The Bertz CT molecular complexity index is 838. The molecule has 1 amide bonds. The number of hydrogen-bond donors (Lipinski definition) is 1. The highest BCUT2D eigenvalue weighted by molar-refractivity contribution is 6.31. The van der Waals surface area contributed by atoms with Crippen molar-refractivity contribution in [3.05, 3.63) is 62.7 Å². The number of benzene rings is 2. The topological polar surface area (TPSA) is 98.5 Å². The van der Waals surface area contributed by atoms with Gasteiger partial charge >= 0.3 is 5.69 Å². The van der Waals surface area contributed by atoms with E-state index in [1.54, 1.807) is 25.1 Å². The van der Waals surface area contributed by atoms with Gasteiger partial charge in [-0.05, 0) is 43.7 Å². The van der Waals surface area contributed by atoms with Gasteiger partial charge in [-0.15, -0.1) is 0 Å². The molecule has 25 heavy (non-hydrogen) atoms. The monoisotopic (exact) mass is 362 g/mol. The molecule has 0 bridgehead atoms. The second kappa shape index (κ2) is 7.76. The minimum Gasteiger partial charge on any atom is -0.474 e. The van der Waals surface area contributed by atoms with Gasteiger partial charge in [0, 0.05) is 22.3 Å². The molecular formula is C17H15ClN2O5. The fourth-order valence-electron chi connectivity index (χ4n) is 2.07. The summed E-state index contributed by atoms with van der Waals surface area (Å²) in [4.78, 5) is 33.5. The molecule has 2 aromatic carbocycles. The summed E-state index contributed by atoms with van der Waals surface area (Å²) in [7, 11) is 0. The van der Waals surface area contributed by atoms with Crippen LogP contribution >= 0.6 is 11.6 Å². The Morgan fingerprint density at radius 3 is 2.72 bits per heavy atom. The van der Waals surface area contributed by atoms with Gasteiger partial charge in [-0.2, -0.15) is 0 Å². The van der Waals surface area contributed by atoms with E-state index in [4.69, 9.17) is 16.3 Å². The maximum Gasteiger partial charge on any atom is 0.311 e. The molecule has 0 aliphatic rings. The molecule has 0 aromatic heterocycles. The van der Waals surface area contributed by atoms with Gasteiger partial charge in [-0.3, -0.25) is 19.7 Å². The first kappa shape index (κ1) is 18.4. The molecule has 0 aliphatic carbocycles. The van der Waals surface area contributed by atoms with Crippen molar-refractivity contribution < 1.29 is 19.2 Å². The maximum atomic E-state index is 12.3. The Kier molecular flexibility index (Phi) is 5.71. The van der Waals surface area contributed by atoms with Crippen molar-refractivity contribution in [3.8, 4) is 5.75 Å². The molecule has 0 radical (unpaired) electrons. The maximum absolute atomic E-state index is 12.3. The Balaban J connectivity index is 2.17. The molecule has 0 saturated carbocycles. The SMILES string of the molecule is Cc1c(Cl)cccc1NC(=O)[C@@H](C)Oc1ccc(C=O)cc1[N+](=O)[O-]. The zero-order valence-electron chi connectivity index (χ0n) is 13.5. The van der Waals surface area contributed by atoms with Crippen molar-refractivity contribution >= 4 is 35.2 Å². The highest BCUT2D eigenvalue weighted by Crippen LogP contribution is 2.29. The molecule has 7 nitrogen and oxygen atoms in total. The lowest BCUT2D eigenvalue weighted by Gasteiger charge is -2.16. The Hall–Kier alpha value is -2.93. The number of carbonyl (C=O) groups is 2. The van der Waals surface area contributed by atoms with E-state index in [1.165, 1.54) is 19.1 Å². The van der Waals surface area contributed by atoms with E-state index in [1.807, 2.05) is 0 Å². The smallest absolute Gasteiger partial charge is 0.311 e. The summed E-state index contributed by atoms with van der Waals surface area (Å²) < 4.78 is 5.41. The molecule has 0 saturated heterocycles. The second-order valence-corrected chi connectivity index (χ2v) is 5.67. The predicted octanol–water partition coefficient (Wildman–Crippen LogP) is 3.78. The number of ether oxygens (including phenoxy) is 1. The summed E-state index contributed by atoms with van der Waals surface area (Å²) in [6.45, 7) is 3.22. The quantitative estimate of drug-likeness (QED) is 0.479. The van der Waals surface area contributed by atoms with Crippen LogP contribution < -0.4 is 10.1 Å². The van der Waals surface area contributed by atoms with Gasteiger partial charge in [0.2, 0.25) is 0 Å². The second-order valence-electron chi connectivity index (χ2n) is 5.26. The molecule has 0 aliphatic heterocycles. The number of nitrogens with zero attached hydrogens (tertiary/aromatic N) is 1. The molecule has 8 heteroatoms. The highest BCUT2D eigenvalue weighted by atomic mass is 35.5. The van der Waals surface area contributed by atoms with Gasteiger partial charge in [-0.25, -0.2) is 0 Å². The van der Waals surface area contributed by atoms with E-state index in [0.717, 1.165) is 6.07 Å². The number of rotatable bonds is 6. The van der Waals surface area contributed by atoms with Crippen LogP contribution in [0.3, 0.4) is 0 Å². The highest BCUT2D eigenvalue weighted by Gasteiger charge is 2.22. The van der Waals surface area contributed by atoms with Crippen molar-refractivity contribution in [1.29, 1.82) is 0 Å². The van der Waals surface area contributed by atoms with E-state index < -0.39 is 16.9 Å². The van der Waals surface area contributed by atoms with E-state index in [2.05, 4.69) is 5.32 Å². The number of carbonyl (C=O) groups excluding carboxylic acids is 2. The Morgan fingerprint density at radius 2 is 2.08 bits per heavy atom. The number of halogens is 1. The summed E-state index contributed by atoms with van der Waals surface area (Å²) in [5.41, 5.74) is 0.985. The van der Waals surface area contributed by atoms with Gasteiger partial charge < -0.3 is 10.1 Å². The standard InChI is InChI=1S/C17H15ClN2O5/c1-10-13(18)4-3-5-14(10)19-17(22)11(2)25-16-7-6-12(9-21)8-15(16)20(23)24/h3-9,11H,1-2H3,(H,19,22)/t11-/m1/s1. The Morgan fingerprint density at radius 1 is 1.36 bits per heavy atom. The van der Waals surface area contributed by atoms with Crippen LogP contribution in [0.25, 0.3) is 0 Å². The average Bonchev–Trinajstić information content (AvgIpc) is 2.59. The fourth-order valence-corrected chi connectivity index (χ4v) is 2.25. The minimum atomic E-state index is -1.00. The van der Waals surface area contributed by atoms with Crippen LogP contribution in [0, 0.1) is 17.0 Å². The van der Waals surface area contributed by atoms with Crippen LogP contribution in [0.4, 0.5) is 11.4 Å². The van der Waals surface area contributed by atoms with Crippen LogP contribution in [0.5, 0.6) is 5.75 Å². The fraction of sp³-hybridized carbons (Fsp3) is 0.176. The van der Waals surface area contributed by atoms with E-state index in [0.29, 0.717) is 22.6 Å². The lowest BCUT2D eigenvalue weighted by molar-refractivity contribution is -0.386. The predicted molar refractivity (Wildman–Crippen MR) is 93.4 cm³/mol. The summed E-state index contributed by atoms with van der Waals surface area (Å²) in [6.07, 6.45) is -0.506. The normalized spacial score (nSPS) is 11.5. The third kappa shape index (κ3) is 4.33. The number of hydrogen-bond acceptors (Lipinski definition) is 5. The van der Waals surface area contributed by atoms with E-state index in [-0.39, 0.29) is 17.0 Å². The number of nitrogens with one attached hydrogen (secondary N) is 1. The number of aldehydes is 1. The summed E-state index contributed by atoms with van der Waals surface area (Å²) in [5.74, 6) is -0.583. The summed E-state index contributed by atoms with van der Waals surface area (Å²) >= 11 is 6.00. The van der Waals surface area contributed by atoms with E-state index >= 15 is 0 Å². The van der Waals surface area contributed by atoms with Crippen LogP contribution in [0.2, 0.25) is 5.02 Å². The molecule has 130 valence electrons. The van der Waals surface area contributed by atoms with Crippen LogP contribution in [0.15, 0.2) is 36.4 Å². The van der Waals surface area contributed by atoms with Gasteiger partial charge in [0.25, 0.3) is 5.91 Å². The molecule has 1 N–H and O–H groups in total. The largest absolute Gasteiger partial charge is 0.474 e. The van der Waals surface area contributed by atoms with Crippen LogP contribution in [0.1, 0.15) is 22.8 Å². The molecule has 0 heterocycles. The third-order valence-electron chi connectivity index (χ3n) is 3.51. The van der Waals surface area contributed by atoms with E-state index in [9.17, 15) is 19.7 Å². The summed E-state index contributed by atoms with van der Waals surface area (Å²) in [6, 6.07) is 8.84. The van der Waals surface area contributed by atoms with Crippen molar-refractivity contribution in [2.45, 2.75) is 20.0 Å². The minimum absolute atomic E-state index is 0.0962. The summed E-state index contributed by atoms with van der Waals surface area (Å²) in [5, 5.41) is 14.3. The average molecular weight is 363 g/mol. The van der Waals surface area contributed by atoms with Crippen molar-refractivity contribution in [2.75, 3.05) is 5.32 Å². The lowest BCUT2D eigenvalue weighted by atomic mass is 10.2. The third-order valence-corrected chi connectivity index (χ3v) is 3.92. The molecule has 2 rings (SSSR count). The number of nitro groups is 1. The number of nitro benzene ring substituents is 1. The molecular weight excluding hydrogens is 348 g/mol. The lowest BCUT2D eigenvalue weighted by Crippen LogP contribution is -2.30. The molecule has 0 spiro atoms. The van der Waals surface area contributed by atoms with Crippen molar-refractivity contribution in [2.24, 2.45) is 0 Å². The van der Waals surface area contributed by atoms with Crippen LogP contribution in [-0.4, -0.2) is 23.2 Å². The van der Waals surface area contributed by atoms with Crippen LogP contribution in [-0.2, 0) is 4.79 Å². The molecule has 0 unspecified atom stereocenters. The van der Waals surface area contributed by atoms with Gasteiger partial charge in [0.05, 0.1) is 4.92 Å². The van der Waals surface area contributed by atoms with Crippen molar-refractivity contribution in [1.82, 2.24) is 0 Å². The first-order chi connectivity index (χ1) is 11.8.